The van der Waals surface area contributed by atoms with E-state index in [-0.39, 0.29) is 19.2 Å². The van der Waals surface area contributed by atoms with Crippen LogP contribution in [-0.2, 0) is 25.5 Å². The fraction of sp³-hybridized carbons (Fsp3) is 0.474. The van der Waals surface area contributed by atoms with Crippen molar-refractivity contribution in [2.24, 2.45) is 5.41 Å². The normalized spacial score (nSPS) is 11.5. The van der Waals surface area contributed by atoms with Crippen molar-refractivity contribution in [3.8, 4) is 0 Å². The van der Waals surface area contributed by atoms with E-state index in [1.165, 1.54) is 11.6 Å². The largest absolute Gasteiger partial charge is 0.462 e. The Morgan fingerprint density at radius 2 is 1.65 bits per heavy atom. The highest BCUT2D eigenvalue weighted by atomic mass is 16.6. The summed E-state index contributed by atoms with van der Waals surface area (Å²) >= 11 is 0. The van der Waals surface area contributed by atoms with Gasteiger partial charge < -0.3 is 9.47 Å². The van der Waals surface area contributed by atoms with Gasteiger partial charge in [0, 0.05) is 6.08 Å². The maximum absolute atomic E-state index is 11.7. The number of hydrogen-bond acceptors (Lipinski definition) is 4. The molecule has 0 aliphatic carbocycles. The molecule has 0 aliphatic rings. The molecule has 1 rings (SSSR count). The van der Waals surface area contributed by atoms with E-state index in [0.29, 0.717) is 6.42 Å². The third-order valence-corrected chi connectivity index (χ3v) is 3.80. The van der Waals surface area contributed by atoms with Crippen LogP contribution in [-0.4, -0.2) is 25.2 Å². The SMILES string of the molecule is CCc1ccc(/C=C/C(=O)OCCOC(=O)C(C)(C)CC)cc1. The molecule has 0 radical (unpaired) electrons. The highest BCUT2D eigenvalue weighted by molar-refractivity contribution is 5.87. The van der Waals surface area contributed by atoms with E-state index >= 15 is 0 Å². The second kappa shape index (κ2) is 9.13. The molecule has 1 aromatic carbocycles. The summed E-state index contributed by atoms with van der Waals surface area (Å²) in [5.74, 6) is -0.724. The fourth-order valence-corrected chi connectivity index (χ4v) is 1.69. The Hall–Kier alpha value is -2.10. The molecular weight excluding hydrogens is 292 g/mol. The van der Waals surface area contributed by atoms with Gasteiger partial charge in [0.15, 0.2) is 0 Å². The number of ether oxygens (including phenoxy) is 2. The average Bonchev–Trinajstić information content (AvgIpc) is 2.57. The van der Waals surface area contributed by atoms with Gasteiger partial charge in [-0.3, -0.25) is 4.79 Å². The van der Waals surface area contributed by atoms with Gasteiger partial charge >= 0.3 is 11.9 Å². The Labute approximate surface area is 138 Å². The molecule has 0 spiro atoms. The number of esters is 2. The van der Waals surface area contributed by atoms with Crippen molar-refractivity contribution in [3.05, 3.63) is 41.5 Å². The van der Waals surface area contributed by atoms with Crippen molar-refractivity contribution in [1.29, 1.82) is 0 Å². The average molecular weight is 318 g/mol. The summed E-state index contributed by atoms with van der Waals surface area (Å²) < 4.78 is 10.1. The van der Waals surface area contributed by atoms with Crippen LogP contribution in [0.3, 0.4) is 0 Å². The summed E-state index contributed by atoms with van der Waals surface area (Å²) in [6.45, 7) is 7.81. The lowest BCUT2D eigenvalue weighted by atomic mass is 9.91. The zero-order chi connectivity index (χ0) is 17.3. The molecule has 0 saturated heterocycles. The van der Waals surface area contributed by atoms with Gasteiger partial charge in [0.1, 0.15) is 13.2 Å². The minimum absolute atomic E-state index is 0.0590. The molecule has 0 unspecified atom stereocenters. The van der Waals surface area contributed by atoms with Gasteiger partial charge in [-0.05, 0) is 43.9 Å². The minimum atomic E-state index is -0.505. The fourth-order valence-electron chi connectivity index (χ4n) is 1.69. The van der Waals surface area contributed by atoms with E-state index in [9.17, 15) is 9.59 Å². The van der Waals surface area contributed by atoms with Crippen molar-refractivity contribution in [2.75, 3.05) is 13.2 Å². The summed E-state index contributed by atoms with van der Waals surface area (Å²) in [5.41, 5.74) is 1.69. The topological polar surface area (TPSA) is 52.6 Å². The molecule has 4 heteroatoms. The smallest absolute Gasteiger partial charge is 0.330 e. The first kappa shape index (κ1) is 18.9. The molecule has 0 saturated carbocycles. The Morgan fingerprint density at radius 1 is 1.04 bits per heavy atom. The quantitative estimate of drug-likeness (QED) is 0.416. The number of benzene rings is 1. The van der Waals surface area contributed by atoms with Crippen LogP contribution in [0.5, 0.6) is 0 Å². The van der Waals surface area contributed by atoms with Gasteiger partial charge in [0.05, 0.1) is 5.41 Å². The van der Waals surface area contributed by atoms with Crippen LogP contribution in [0.15, 0.2) is 30.3 Å². The number of hydrogen-bond donors (Lipinski definition) is 0. The molecule has 0 amide bonds. The minimum Gasteiger partial charge on any atom is -0.462 e. The van der Waals surface area contributed by atoms with Crippen LogP contribution in [0.4, 0.5) is 0 Å². The molecule has 1 aromatic rings. The van der Waals surface area contributed by atoms with Gasteiger partial charge in [-0.25, -0.2) is 4.79 Å². The van der Waals surface area contributed by atoms with Gasteiger partial charge in [0.2, 0.25) is 0 Å². The first-order chi connectivity index (χ1) is 10.9. The van der Waals surface area contributed by atoms with Crippen molar-refractivity contribution in [1.82, 2.24) is 0 Å². The standard InChI is InChI=1S/C19H26O4/c1-5-15-7-9-16(10-8-15)11-12-17(20)22-13-14-23-18(21)19(3,4)6-2/h7-12H,5-6,13-14H2,1-4H3/b12-11+. The molecule has 0 fully saturated rings. The Kier molecular flexibility index (Phi) is 7.52. The van der Waals surface area contributed by atoms with E-state index in [1.807, 2.05) is 45.0 Å². The Morgan fingerprint density at radius 3 is 2.22 bits per heavy atom. The highest BCUT2D eigenvalue weighted by Gasteiger charge is 2.26. The summed E-state index contributed by atoms with van der Waals surface area (Å²) in [6, 6.07) is 7.97. The molecular formula is C19H26O4. The molecule has 0 atom stereocenters. The predicted octanol–water partition coefficient (Wildman–Crippen LogP) is 3.78. The number of rotatable bonds is 8. The van der Waals surface area contributed by atoms with Crippen LogP contribution in [0, 0.1) is 5.41 Å². The molecule has 0 aromatic heterocycles. The molecule has 0 aliphatic heterocycles. The molecule has 23 heavy (non-hydrogen) atoms. The lowest BCUT2D eigenvalue weighted by Gasteiger charge is -2.20. The lowest BCUT2D eigenvalue weighted by Crippen LogP contribution is -2.27. The van der Waals surface area contributed by atoms with Crippen molar-refractivity contribution in [3.63, 3.8) is 0 Å². The molecule has 0 N–H and O–H groups in total. The lowest BCUT2D eigenvalue weighted by molar-refractivity contribution is -0.157. The molecule has 4 nitrogen and oxygen atoms in total. The van der Waals surface area contributed by atoms with Crippen LogP contribution < -0.4 is 0 Å². The number of aryl methyl sites for hydroxylation is 1. The molecule has 0 bridgehead atoms. The highest BCUT2D eigenvalue weighted by Crippen LogP contribution is 2.21. The Bertz CT molecular complexity index is 541. The van der Waals surface area contributed by atoms with E-state index in [1.54, 1.807) is 6.08 Å². The van der Waals surface area contributed by atoms with E-state index in [4.69, 9.17) is 9.47 Å². The summed E-state index contributed by atoms with van der Waals surface area (Å²) in [5, 5.41) is 0. The van der Waals surface area contributed by atoms with Gasteiger partial charge in [-0.1, -0.05) is 38.1 Å². The third kappa shape index (κ3) is 6.68. The van der Waals surface area contributed by atoms with E-state index in [2.05, 4.69) is 6.92 Å². The predicted molar refractivity (Wildman–Crippen MR) is 90.8 cm³/mol. The van der Waals surface area contributed by atoms with Crippen LogP contribution in [0.1, 0.15) is 45.2 Å². The van der Waals surface area contributed by atoms with Crippen LogP contribution in [0.2, 0.25) is 0 Å². The second-order valence-corrected chi connectivity index (χ2v) is 5.97. The van der Waals surface area contributed by atoms with Crippen molar-refractivity contribution in [2.45, 2.75) is 40.5 Å². The monoisotopic (exact) mass is 318 g/mol. The summed E-state index contributed by atoms with van der Waals surface area (Å²) in [6.07, 6.45) is 4.76. The zero-order valence-electron chi connectivity index (χ0n) is 14.4. The van der Waals surface area contributed by atoms with E-state index in [0.717, 1.165) is 12.0 Å². The van der Waals surface area contributed by atoms with Gasteiger partial charge in [-0.15, -0.1) is 0 Å². The summed E-state index contributed by atoms with van der Waals surface area (Å²) in [4.78, 5) is 23.3. The Balaban J connectivity index is 2.31. The zero-order valence-corrected chi connectivity index (χ0v) is 14.4. The first-order valence-electron chi connectivity index (χ1n) is 8.00. The van der Waals surface area contributed by atoms with Crippen molar-refractivity contribution < 1.29 is 19.1 Å². The number of carbonyl (C=O) groups excluding carboxylic acids is 2. The third-order valence-electron chi connectivity index (χ3n) is 3.80. The molecule has 0 heterocycles. The molecule has 126 valence electrons. The number of carbonyl (C=O) groups is 2. The van der Waals surface area contributed by atoms with Crippen molar-refractivity contribution >= 4 is 18.0 Å². The van der Waals surface area contributed by atoms with Crippen LogP contribution >= 0.6 is 0 Å². The summed E-state index contributed by atoms with van der Waals surface area (Å²) in [7, 11) is 0. The van der Waals surface area contributed by atoms with E-state index < -0.39 is 11.4 Å². The maximum Gasteiger partial charge on any atom is 0.330 e. The van der Waals surface area contributed by atoms with Gasteiger partial charge in [-0.2, -0.15) is 0 Å². The second-order valence-electron chi connectivity index (χ2n) is 5.97. The maximum atomic E-state index is 11.7. The first-order valence-corrected chi connectivity index (χ1v) is 8.00. The van der Waals surface area contributed by atoms with Gasteiger partial charge in [0.25, 0.3) is 0 Å². The van der Waals surface area contributed by atoms with Crippen LogP contribution in [0.25, 0.3) is 6.08 Å².